The zero-order valence-corrected chi connectivity index (χ0v) is 10.7. The van der Waals surface area contributed by atoms with E-state index in [1.807, 2.05) is 0 Å². The molecule has 0 aromatic rings. The van der Waals surface area contributed by atoms with Crippen LogP contribution in [-0.4, -0.2) is 46.1 Å². The van der Waals surface area contributed by atoms with E-state index < -0.39 is 25.6 Å². The smallest absolute Gasteiger partial charge is 0.218 e. The molecule has 0 saturated heterocycles. The summed E-state index contributed by atoms with van der Waals surface area (Å²) in [4.78, 5) is -0.120. The third-order valence-electron chi connectivity index (χ3n) is 1.35. The lowest BCUT2D eigenvalue weighted by molar-refractivity contribution is 0.581. The zero-order chi connectivity index (χ0) is 12.1. The largest absolute Gasteiger partial charge is 0.392 e. The normalized spacial score (nSPS) is 12.6. The Hall–Kier alpha value is -0.250. The van der Waals surface area contributed by atoms with E-state index in [2.05, 4.69) is 16.9 Å². The number of sulfone groups is 1. The van der Waals surface area contributed by atoms with Gasteiger partial charge in [0.25, 0.3) is 0 Å². The molecule has 0 spiro atoms. The lowest BCUT2D eigenvalue weighted by Crippen LogP contribution is -2.33. The summed E-state index contributed by atoms with van der Waals surface area (Å²) in [5.41, 5.74) is 5.07. The van der Waals surface area contributed by atoms with Gasteiger partial charge in [-0.05, 0) is 6.42 Å². The van der Waals surface area contributed by atoms with Crippen LogP contribution in [0.2, 0.25) is 0 Å². The monoisotopic (exact) mass is 274 g/mol. The van der Waals surface area contributed by atoms with Crippen LogP contribution in [-0.2, 0) is 19.9 Å². The van der Waals surface area contributed by atoms with Crippen molar-refractivity contribution in [1.29, 1.82) is 0 Å². The molecule has 3 N–H and O–H groups in total. The molecule has 0 heterocycles. The van der Waals surface area contributed by atoms with Crippen LogP contribution in [0.15, 0.2) is 0 Å². The molecule has 0 aliphatic carbocycles. The van der Waals surface area contributed by atoms with Crippen molar-refractivity contribution in [3.63, 3.8) is 0 Å². The molecule has 15 heavy (non-hydrogen) atoms. The molecule has 6 nitrogen and oxygen atoms in total. The van der Waals surface area contributed by atoms with Crippen molar-refractivity contribution in [1.82, 2.24) is 4.72 Å². The van der Waals surface area contributed by atoms with Crippen molar-refractivity contribution in [2.45, 2.75) is 6.42 Å². The Morgan fingerprint density at radius 3 is 2.27 bits per heavy atom. The third kappa shape index (κ3) is 10.0. The number of thiocarbonyl (C=S) groups is 1. The van der Waals surface area contributed by atoms with Crippen LogP contribution in [0.1, 0.15) is 6.42 Å². The Labute approximate surface area is 95.2 Å². The molecule has 0 aromatic heterocycles. The maximum atomic E-state index is 11.1. The SMILES string of the molecule is CS(=O)(=O)CCCNS(=O)(=O)CC(N)=S. The highest BCUT2D eigenvalue weighted by atomic mass is 32.2. The molecule has 0 amide bonds. The predicted molar refractivity (Wildman–Crippen MR) is 62.9 cm³/mol. The van der Waals surface area contributed by atoms with Crippen LogP contribution in [0.4, 0.5) is 0 Å². The second kappa shape index (κ2) is 5.73. The van der Waals surface area contributed by atoms with E-state index in [4.69, 9.17) is 5.73 Å². The Morgan fingerprint density at radius 1 is 1.33 bits per heavy atom. The van der Waals surface area contributed by atoms with Gasteiger partial charge in [-0.15, -0.1) is 0 Å². The number of nitrogens with one attached hydrogen (secondary N) is 1. The molecule has 0 atom stereocenters. The van der Waals surface area contributed by atoms with Gasteiger partial charge in [0.1, 0.15) is 15.6 Å². The van der Waals surface area contributed by atoms with E-state index in [1.165, 1.54) is 0 Å². The first kappa shape index (κ1) is 14.8. The van der Waals surface area contributed by atoms with E-state index in [9.17, 15) is 16.8 Å². The summed E-state index contributed by atoms with van der Waals surface area (Å²) in [6.07, 6.45) is 1.33. The summed E-state index contributed by atoms with van der Waals surface area (Å²) in [6, 6.07) is 0. The lowest BCUT2D eigenvalue weighted by Gasteiger charge is -2.04. The first-order valence-corrected chi connectivity index (χ1v) is 8.18. The summed E-state index contributed by atoms with van der Waals surface area (Å²) in [7, 11) is -6.56. The van der Waals surface area contributed by atoms with Gasteiger partial charge in [-0.25, -0.2) is 21.6 Å². The topological polar surface area (TPSA) is 106 Å². The summed E-state index contributed by atoms with van der Waals surface area (Å²) in [5, 5.41) is 0. The number of hydrogen-bond donors (Lipinski definition) is 2. The highest BCUT2D eigenvalue weighted by Crippen LogP contribution is 1.90. The highest BCUT2D eigenvalue weighted by Gasteiger charge is 2.11. The van der Waals surface area contributed by atoms with Gasteiger partial charge < -0.3 is 5.73 Å². The molecule has 0 rings (SSSR count). The van der Waals surface area contributed by atoms with E-state index in [1.54, 1.807) is 0 Å². The second-order valence-corrected chi connectivity index (χ2v) is 7.69. The van der Waals surface area contributed by atoms with Gasteiger partial charge in [0.2, 0.25) is 10.0 Å². The van der Waals surface area contributed by atoms with E-state index >= 15 is 0 Å². The predicted octanol–water partition coefficient (Wildman–Crippen LogP) is -1.37. The minimum atomic E-state index is -3.51. The number of rotatable bonds is 7. The number of sulfonamides is 1. The van der Waals surface area contributed by atoms with Crippen LogP contribution in [0.25, 0.3) is 0 Å². The first-order chi connectivity index (χ1) is 6.62. The van der Waals surface area contributed by atoms with Crippen LogP contribution in [0.3, 0.4) is 0 Å². The van der Waals surface area contributed by atoms with Crippen molar-refractivity contribution in [3.05, 3.63) is 0 Å². The van der Waals surface area contributed by atoms with Gasteiger partial charge in [0, 0.05) is 12.8 Å². The second-order valence-electron chi connectivity index (χ2n) is 3.10. The zero-order valence-electron chi connectivity index (χ0n) is 8.26. The molecule has 0 fully saturated rings. The van der Waals surface area contributed by atoms with Crippen molar-refractivity contribution in [2.24, 2.45) is 5.73 Å². The molecule has 0 saturated carbocycles. The van der Waals surface area contributed by atoms with Crippen LogP contribution in [0, 0.1) is 0 Å². The first-order valence-electron chi connectivity index (χ1n) is 4.06. The Morgan fingerprint density at radius 2 is 1.87 bits per heavy atom. The lowest BCUT2D eigenvalue weighted by atomic mass is 10.5. The molecule has 9 heteroatoms. The maximum absolute atomic E-state index is 11.1. The third-order valence-corrected chi connectivity index (χ3v) is 4.04. The molecular weight excluding hydrogens is 260 g/mol. The summed E-state index contributed by atoms with van der Waals surface area (Å²) in [5.74, 6) is -0.468. The van der Waals surface area contributed by atoms with Crippen molar-refractivity contribution >= 4 is 37.1 Å². The van der Waals surface area contributed by atoms with Gasteiger partial charge in [-0.1, -0.05) is 12.2 Å². The Kier molecular flexibility index (Phi) is 5.63. The van der Waals surface area contributed by atoms with Gasteiger partial charge in [0.15, 0.2) is 0 Å². The summed E-state index contributed by atoms with van der Waals surface area (Å²) in [6.45, 7) is 0.0675. The highest BCUT2D eigenvalue weighted by molar-refractivity contribution is 7.92. The molecule has 0 aliphatic rings. The molecule has 0 radical (unpaired) electrons. The van der Waals surface area contributed by atoms with Gasteiger partial charge in [0.05, 0.1) is 10.7 Å². The van der Waals surface area contributed by atoms with E-state index in [-0.39, 0.29) is 23.7 Å². The van der Waals surface area contributed by atoms with E-state index in [0.29, 0.717) is 0 Å². The van der Waals surface area contributed by atoms with E-state index in [0.717, 1.165) is 6.26 Å². The average molecular weight is 274 g/mol. The fraction of sp³-hybridized carbons (Fsp3) is 0.833. The molecule has 90 valence electrons. The van der Waals surface area contributed by atoms with Gasteiger partial charge in [-0.2, -0.15) is 0 Å². The fourth-order valence-electron chi connectivity index (χ4n) is 0.800. The minimum Gasteiger partial charge on any atom is -0.392 e. The number of nitrogens with two attached hydrogens (primary N) is 1. The Balaban J connectivity index is 3.92. The Bertz CT molecular complexity index is 412. The molecular formula is C6H14N2O4S3. The standard InChI is InChI=1S/C6H14N2O4S3/c1-14(9,10)4-2-3-8-15(11,12)5-6(7)13/h8H,2-5H2,1H3,(H2,7,13). The van der Waals surface area contributed by atoms with Crippen LogP contribution < -0.4 is 10.5 Å². The van der Waals surface area contributed by atoms with Gasteiger partial charge in [-0.3, -0.25) is 0 Å². The maximum Gasteiger partial charge on any atom is 0.218 e. The number of hydrogen-bond acceptors (Lipinski definition) is 5. The summed E-state index contributed by atoms with van der Waals surface area (Å²) >= 11 is 4.44. The molecule has 0 bridgehead atoms. The molecule has 0 aromatic carbocycles. The summed E-state index contributed by atoms with van der Waals surface area (Å²) < 4.78 is 45.9. The average Bonchev–Trinajstić information content (AvgIpc) is 1.93. The van der Waals surface area contributed by atoms with Gasteiger partial charge >= 0.3 is 0 Å². The quantitative estimate of drug-likeness (QED) is 0.438. The van der Waals surface area contributed by atoms with Crippen LogP contribution >= 0.6 is 12.2 Å². The molecule has 0 unspecified atom stereocenters. The van der Waals surface area contributed by atoms with Crippen molar-refractivity contribution in [2.75, 3.05) is 24.3 Å². The van der Waals surface area contributed by atoms with Crippen molar-refractivity contribution < 1.29 is 16.8 Å². The minimum absolute atomic E-state index is 0.0530. The fourth-order valence-corrected chi connectivity index (χ4v) is 2.87. The molecule has 0 aliphatic heterocycles. The van der Waals surface area contributed by atoms with Crippen LogP contribution in [0.5, 0.6) is 0 Å². The van der Waals surface area contributed by atoms with Crippen molar-refractivity contribution in [3.8, 4) is 0 Å².